The summed E-state index contributed by atoms with van der Waals surface area (Å²) in [5, 5.41) is 19.7. The fourth-order valence-corrected chi connectivity index (χ4v) is 8.19. The molecule has 0 atom stereocenters. The Hall–Kier alpha value is -4.78. The van der Waals surface area contributed by atoms with E-state index in [4.69, 9.17) is 6.44 Å². The first-order chi connectivity index (χ1) is 28.3. The van der Waals surface area contributed by atoms with Gasteiger partial charge in [-0.15, -0.1) is 0 Å². The molecule has 1 N–H and O–H groups in total. The number of aromatic carboxylic acids is 2. The Morgan fingerprint density at radius 1 is 0.552 bits per heavy atom. The number of carboxylic acids is 2. The summed E-state index contributed by atoms with van der Waals surface area (Å²) in [6.45, 7) is 7.20. The van der Waals surface area contributed by atoms with Gasteiger partial charge in [-0.2, -0.15) is 0 Å². The van der Waals surface area contributed by atoms with E-state index in [2.05, 4.69) is 28.2 Å². The van der Waals surface area contributed by atoms with E-state index in [1.54, 1.807) is 36.4 Å². The maximum atomic E-state index is 12.1. The van der Waals surface area contributed by atoms with Crippen LogP contribution in [0.4, 0.5) is 0 Å². The van der Waals surface area contributed by atoms with Crippen LogP contribution in [0.1, 0.15) is 117 Å². The van der Waals surface area contributed by atoms with E-state index in [1.165, 1.54) is 126 Å². The second kappa shape index (κ2) is 20.8. The van der Waals surface area contributed by atoms with Crippen molar-refractivity contribution in [3.63, 3.8) is 0 Å². The van der Waals surface area contributed by atoms with E-state index in [9.17, 15) is 24.3 Å². The largest absolute Gasteiger partial charge is 0.545 e. The van der Waals surface area contributed by atoms with Crippen LogP contribution in [0.2, 0.25) is 0 Å². The molecule has 296 valence electrons. The molecule has 4 heterocycles. The number of rotatable bonds is 2. The van der Waals surface area contributed by atoms with Gasteiger partial charge < -0.3 is 24.8 Å². The topological polar surface area (TPSA) is 143 Å². The third-order valence-electron chi connectivity index (χ3n) is 11.1. The monoisotopic (exact) mass is 1000 g/mol. The Morgan fingerprint density at radius 2 is 0.948 bits per heavy atom. The Bertz CT molecular complexity index is 2070. The fourth-order valence-electron chi connectivity index (χ4n) is 8.19. The van der Waals surface area contributed by atoms with Crippen molar-refractivity contribution >= 4 is 43.6 Å². The van der Waals surface area contributed by atoms with Crippen molar-refractivity contribution in [1.29, 1.82) is 1.34 Å². The Labute approximate surface area is 367 Å². The second-order valence-electron chi connectivity index (χ2n) is 14.8. The van der Waals surface area contributed by atoms with Crippen LogP contribution in [0.5, 0.6) is 0 Å². The average molecular weight is 1000 g/mol. The zero-order chi connectivity index (χ0) is 41.0. The van der Waals surface area contributed by atoms with Crippen LogP contribution in [0.15, 0.2) is 94.9 Å². The molecular formula is C46H48BN4O6U-. The minimum absolute atomic E-state index is 0. The molecule has 2 fully saturated rings. The van der Waals surface area contributed by atoms with Crippen LogP contribution < -0.4 is 5.11 Å². The number of fused-ring (bicyclic) bond motifs is 8. The standard InChI is InChI=1S/2C14H8O3.2C9H16N2.BH.U/c2*15-13-11-4-2-1-3-9(11)10-6-5-8(14(16)17)7-12(10)13;2*1-2-5-9-10-6-4-8-11(9)7-3-1;;/h2*1-7H,(H,16,17);2*1-8H2;1H;/p-1/i;;;;1D;. The molecular weight excluding hydrogens is 953 g/mol. The number of ketones is 2. The first kappa shape index (κ1) is 42.8. The molecule has 4 aromatic rings. The predicted molar refractivity (Wildman–Crippen MR) is 223 cm³/mol. The van der Waals surface area contributed by atoms with Gasteiger partial charge >= 0.3 is 5.97 Å². The number of nitrogens with zero attached hydrogens (tertiary/aromatic N) is 4. The zero-order valence-corrected chi connectivity index (χ0v) is 36.9. The summed E-state index contributed by atoms with van der Waals surface area (Å²) < 4.78 is 5.25. The van der Waals surface area contributed by atoms with E-state index < -0.39 is 11.9 Å². The van der Waals surface area contributed by atoms with Gasteiger partial charge in [0.1, 0.15) is 0 Å². The molecule has 0 saturated carbocycles. The molecule has 0 spiro atoms. The maximum Gasteiger partial charge on any atom is 0.335 e. The molecule has 6 aliphatic rings. The normalized spacial score (nSPS) is 16.9. The van der Waals surface area contributed by atoms with Gasteiger partial charge in [0, 0.05) is 114 Å². The van der Waals surface area contributed by atoms with Crippen LogP contribution in [-0.2, 0) is 0 Å². The van der Waals surface area contributed by atoms with Crippen molar-refractivity contribution < 1.29 is 60.5 Å². The molecule has 4 aromatic carbocycles. The van der Waals surface area contributed by atoms with Gasteiger partial charge in [-0.05, 0) is 85.9 Å². The summed E-state index contributed by atoms with van der Waals surface area (Å²) in [4.78, 5) is 59.8. The van der Waals surface area contributed by atoms with Crippen molar-refractivity contribution in [2.45, 2.75) is 64.2 Å². The molecule has 10 rings (SSSR count). The summed E-state index contributed by atoms with van der Waals surface area (Å²) in [6.07, 6.45) is 13.3. The van der Waals surface area contributed by atoms with E-state index >= 15 is 0 Å². The summed E-state index contributed by atoms with van der Waals surface area (Å²) in [5.41, 5.74) is 5.70. The minimum atomic E-state index is -1.27. The van der Waals surface area contributed by atoms with E-state index in [0.717, 1.165) is 35.3 Å². The van der Waals surface area contributed by atoms with E-state index in [1.807, 2.05) is 24.3 Å². The quantitative estimate of drug-likeness (QED) is 0.193. The molecule has 10 nitrogen and oxygen atoms in total. The van der Waals surface area contributed by atoms with Gasteiger partial charge in [0.15, 0.2) is 11.6 Å². The minimum Gasteiger partial charge on any atom is -0.545 e. The van der Waals surface area contributed by atoms with Crippen molar-refractivity contribution in [2.75, 3.05) is 39.3 Å². The molecule has 2 saturated heterocycles. The first-order valence-electron chi connectivity index (χ1n) is 20.5. The molecule has 4 aliphatic heterocycles. The number of aliphatic imine (C=N–C) groups is 2. The summed E-state index contributed by atoms with van der Waals surface area (Å²) >= 11 is 0. The van der Waals surface area contributed by atoms with Gasteiger partial charge in [0.25, 0.3) is 0 Å². The van der Waals surface area contributed by atoms with Crippen LogP contribution in [0.25, 0.3) is 22.3 Å². The molecule has 12 heteroatoms. The van der Waals surface area contributed by atoms with E-state index in [-0.39, 0.29) is 53.8 Å². The van der Waals surface area contributed by atoms with Crippen LogP contribution in [-0.4, -0.2) is 99.1 Å². The summed E-state index contributed by atoms with van der Waals surface area (Å²) in [6, 6.07) is 23.7. The van der Waals surface area contributed by atoms with Crippen LogP contribution in [0, 0.1) is 31.1 Å². The van der Waals surface area contributed by atoms with Gasteiger partial charge in [-0.25, -0.2) is 4.79 Å². The number of carbonyl (C=O) groups excluding carboxylic acids is 3. The predicted octanol–water partition coefficient (Wildman–Crippen LogP) is 6.54. The van der Waals surface area contributed by atoms with Crippen LogP contribution in [0.3, 0.4) is 0 Å². The Kier molecular flexibility index (Phi) is 15.3. The van der Waals surface area contributed by atoms with Crippen molar-refractivity contribution in [2.24, 2.45) is 9.98 Å². The SMILES string of the molecule is C1CCC2=NCCCN2CC1.C1CCC2=NCCCN2CC1.O=C(O)c1ccc2c(c1)C(=O)c1ccccc1-2.O=C([O-])c1ccc2c(c1)C(=O)c1ccccc1-2.[2H][B].[U]. The maximum absolute atomic E-state index is 12.1. The van der Waals surface area contributed by atoms with Gasteiger partial charge in [0.05, 0.1) is 23.2 Å². The number of benzene rings is 4. The Balaban J connectivity index is 0.000000149. The van der Waals surface area contributed by atoms with Gasteiger partial charge in [-0.1, -0.05) is 79.6 Å². The smallest absolute Gasteiger partial charge is 0.335 e. The zero-order valence-electron chi connectivity index (χ0n) is 33.8. The fraction of sp³-hybridized carbons (Fsp3) is 0.348. The molecule has 58 heavy (non-hydrogen) atoms. The van der Waals surface area contributed by atoms with Crippen molar-refractivity contribution in [3.8, 4) is 22.3 Å². The summed E-state index contributed by atoms with van der Waals surface area (Å²) in [7, 11) is 3.75. The van der Waals surface area contributed by atoms with Gasteiger partial charge in [-0.3, -0.25) is 19.6 Å². The third-order valence-corrected chi connectivity index (χ3v) is 11.1. The number of carboxylic acid groups (broad SMARTS) is 2. The number of carbonyl (C=O) groups is 4. The summed E-state index contributed by atoms with van der Waals surface area (Å²) in [5.74, 6) is 0.285. The molecule has 0 unspecified atom stereocenters. The number of hydrogen-bond donors (Lipinski definition) is 1. The Morgan fingerprint density at radius 3 is 1.40 bits per heavy atom. The first-order valence-corrected chi connectivity index (χ1v) is 19.9. The average Bonchev–Trinajstić information content (AvgIpc) is 3.46. The van der Waals surface area contributed by atoms with E-state index in [0.29, 0.717) is 22.3 Å². The number of hydrogen-bond acceptors (Lipinski definition) is 9. The molecule has 0 aromatic heterocycles. The van der Waals surface area contributed by atoms with Gasteiger partial charge in [0.2, 0.25) is 0 Å². The number of amidine groups is 2. The molecule has 0 amide bonds. The molecule has 2 aliphatic carbocycles. The third kappa shape index (κ3) is 10.1. The second-order valence-corrected chi connectivity index (χ2v) is 14.8. The molecule has 2 radical (unpaired) electrons. The van der Waals surface area contributed by atoms with Crippen molar-refractivity contribution in [3.05, 3.63) is 118 Å². The van der Waals surface area contributed by atoms with Crippen LogP contribution >= 0.6 is 0 Å². The van der Waals surface area contributed by atoms with Crippen molar-refractivity contribution in [1.82, 2.24) is 9.80 Å². The molecule has 0 bridgehead atoms.